The topological polar surface area (TPSA) is 27.7 Å². The number of ether oxygens (including phenoxy) is 2. The molecular formula is C14H34O3Si2. The van der Waals surface area contributed by atoms with Gasteiger partial charge in [-0.2, -0.15) is 0 Å². The summed E-state index contributed by atoms with van der Waals surface area (Å²) in [5, 5.41) is 0.797. The van der Waals surface area contributed by atoms with Gasteiger partial charge in [-0.15, -0.1) is 0 Å². The highest BCUT2D eigenvalue weighted by Crippen LogP contribution is 2.30. The van der Waals surface area contributed by atoms with Gasteiger partial charge in [-0.25, -0.2) is 0 Å². The number of rotatable bonds is 12. The highest BCUT2D eigenvalue weighted by atomic mass is 28.4. The number of hydrogen-bond acceptors (Lipinski definition) is 3. The summed E-state index contributed by atoms with van der Waals surface area (Å²) in [7, 11) is -1.72. The van der Waals surface area contributed by atoms with Crippen LogP contribution in [-0.2, 0) is 13.9 Å². The van der Waals surface area contributed by atoms with E-state index in [9.17, 15) is 0 Å². The highest BCUT2D eigenvalue weighted by molar-refractivity contribution is 6.83. The van der Waals surface area contributed by atoms with Crippen molar-refractivity contribution >= 4 is 17.8 Å². The van der Waals surface area contributed by atoms with Crippen molar-refractivity contribution in [1.82, 2.24) is 0 Å². The summed E-state index contributed by atoms with van der Waals surface area (Å²) in [4.78, 5) is 0. The first-order chi connectivity index (χ1) is 9.10. The lowest BCUT2D eigenvalue weighted by Gasteiger charge is -2.35. The zero-order valence-electron chi connectivity index (χ0n) is 13.8. The lowest BCUT2D eigenvalue weighted by Crippen LogP contribution is -2.44. The van der Waals surface area contributed by atoms with Crippen molar-refractivity contribution in [2.24, 2.45) is 0 Å². The van der Waals surface area contributed by atoms with Crippen LogP contribution in [0.3, 0.4) is 0 Å². The van der Waals surface area contributed by atoms with Gasteiger partial charge < -0.3 is 13.9 Å². The van der Waals surface area contributed by atoms with Crippen molar-refractivity contribution in [3.8, 4) is 0 Å². The Morgan fingerprint density at radius 2 is 1.42 bits per heavy atom. The molecule has 116 valence electrons. The molecule has 0 saturated carbocycles. The fourth-order valence-corrected chi connectivity index (χ4v) is 11.8. The molecule has 0 amide bonds. The molecular weight excluding hydrogens is 272 g/mol. The zero-order chi connectivity index (χ0) is 14.7. The average molecular weight is 307 g/mol. The van der Waals surface area contributed by atoms with Gasteiger partial charge in [0.2, 0.25) is 0 Å². The molecule has 0 aromatic heterocycles. The van der Waals surface area contributed by atoms with Crippen LogP contribution in [0.1, 0.15) is 41.5 Å². The van der Waals surface area contributed by atoms with E-state index in [1.165, 1.54) is 12.1 Å². The van der Waals surface area contributed by atoms with E-state index in [-0.39, 0.29) is 15.8 Å². The first kappa shape index (κ1) is 19.3. The van der Waals surface area contributed by atoms with Crippen LogP contribution in [0.4, 0.5) is 0 Å². The molecule has 0 saturated heterocycles. The van der Waals surface area contributed by atoms with Crippen LogP contribution in [0.25, 0.3) is 0 Å². The summed E-state index contributed by atoms with van der Waals surface area (Å²) >= 11 is 0. The third kappa shape index (κ3) is 6.53. The SMILES string of the molecule is CCOC(C[SiH2]C(C)[Si](CC)(CC)OCC)OCC. The zero-order valence-corrected chi connectivity index (χ0v) is 16.2. The van der Waals surface area contributed by atoms with E-state index in [1.54, 1.807) is 0 Å². The normalized spacial score (nSPS) is 14.7. The molecule has 0 heterocycles. The monoisotopic (exact) mass is 306 g/mol. The van der Waals surface area contributed by atoms with Crippen molar-refractivity contribution < 1.29 is 13.9 Å². The minimum Gasteiger partial charge on any atom is -0.417 e. The van der Waals surface area contributed by atoms with E-state index >= 15 is 0 Å². The molecule has 19 heavy (non-hydrogen) atoms. The molecule has 0 aromatic carbocycles. The average Bonchev–Trinajstić information content (AvgIpc) is 2.42. The molecule has 0 rings (SSSR count). The molecule has 0 spiro atoms. The van der Waals surface area contributed by atoms with Crippen LogP contribution in [0, 0.1) is 0 Å². The number of hydrogen-bond donors (Lipinski definition) is 0. The van der Waals surface area contributed by atoms with Crippen molar-refractivity contribution in [3.63, 3.8) is 0 Å². The molecule has 0 fully saturated rings. The van der Waals surface area contributed by atoms with Crippen LogP contribution in [0.2, 0.25) is 23.3 Å². The highest BCUT2D eigenvalue weighted by Gasteiger charge is 2.37. The van der Waals surface area contributed by atoms with Gasteiger partial charge in [0.05, 0.1) is 0 Å². The quantitative estimate of drug-likeness (QED) is 0.409. The fourth-order valence-electron chi connectivity index (χ4n) is 2.82. The molecule has 0 N–H and O–H groups in total. The van der Waals surface area contributed by atoms with Crippen molar-refractivity contribution in [3.05, 3.63) is 0 Å². The maximum absolute atomic E-state index is 6.23. The van der Waals surface area contributed by atoms with Gasteiger partial charge in [0.1, 0.15) is 0 Å². The van der Waals surface area contributed by atoms with E-state index < -0.39 is 8.32 Å². The van der Waals surface area contributed by atoms with Gasteiger partial charge in [-0.05, 0) is 44.1 Å². The van der Waals surface area contributed by atoms with Gasteiger partial charge in [-0.1, -0.05) is 20.8 Å². The molecule has 0 aliphatic carbocycles. The van der Waals surface area contributed by atoms with Crippen LogP contribution in [0.15, 0.2) is 0 Å². The van der Waals surface area contributed by atoms with Crippen LogP contribution >= 0.6 is 0 Å². The summed E-state index contributed by atoms with van der Waals surface area (Å²) in [5.74, 6) is 0. The van der Waals surface area contributed by atoms with Gasteiger partial charge in [0.25, 0.3) is 0 Å². The lowest BCUT2D eigenvalue weighted by atomic mass is 10.7. The van der Waals surface area contributed by atoms with Gasteiger partial charge in [-0.3, -0.25) is 0 Å². The molecule has 0 bridgehead atoms. The van der Waals surface area contributed by atoms with E-state index in [4.69, 9.17) is 13.9 Å². The Morgan fingerprint density at radius 3 is 1.79 bits per heavy atom. The standard InChI is InChI=1S/C14H34O3Si2/c1-7-15-14(16-8-2)12-18-13(6)19(10-4,11-5)17-9-3/h13-14H,7-12,18H2,1-6H3. The first-order valence-electron chi connectivity index (χ1n) is 7.97. The molecule has 1 atom stereocenters. The largest absolute Gasteiger partial charge is 0.417 e. The minimum atomic E-state index is -1.51. The summed E-state index contributed by atoms with van der Waals surface area (Å²) in [6.07, 6.45) is 0.0196. The van der Waals surface area contributed by atoms with Crippen LogP contribution in [-0.4, -0.2) is 43.9 Å². The molecule has 1 unspecified atom stereocenters. The second kappa shape index (κ2) is 11.0. The van der Waals surface area contributed by atoms with E-state index in [1.807, 2.05) is 13.8 Å². The van der Waals surface area contributed by atoms with Gasteiger partial charge >= 0.3 is 0 Å². The molecule has 0 aliphatic heterocycles. The Kier molecular flexibility index (Phi) is 11.2. The molecule has 5 heteroatoms. The third-order valence-corrected chi connectivity index (χ3v) is 13.9. The molecule has 0 aliphatic rings. The van der Waals surface area contributed by atoms with E-state index in [2.05, 4.69) is 27.7 Å². The summed E-state index contributed by atoms with van der Waals surface area (Å²) < 4.78 is 17.6. The first-order valence-corrected chi connectivity index (χ1v) is 12.2. The lowest BCUT2D eigenvalue weighted by molar-refractivity contribution is -0.123. The fraction of sp³-hybridized carbons (Fsp3) is 1.00. The maximum Gasteiger partial charge on any atom is 0.191 e. The predicted octanol–water partition coefficient (Wildman–Crippen LogP) is 3.34. The molecule has 0 radical (unpaired) electrons. The Labute approximate surface area is 123 Å². The molecule has 3 nitrogen and oxygen atoms in total. The van der Waals surface area contributed by atoms with Gasteiger partial charge in [0.15, 0.2) is 14.6 Å². The third-order valence-electron chi connectivity index (χ3n) is 4.07. The Balaban J connectivity index is 4.41. The predicted molar refractivity (Wildman–Crippen MR) is 88.2 cm³/mol. The van der Waals surface area contributed by atoms with E-state index in [0.29, 0.717) is 0 Å². The van der Waals surface area contributed by atoms with Crippen molar-refractivity contribution in [1.29, 1.82) is 0 Å². The summed E-state index contributed by atoms with van der Waals surface area (Å²) in [6.45, 7) is 15.6. The van der Waals surface area contributed by atoms with Crippen molar-refractivity contribution in [2.45, 2.75) is 71.1 Å². The Hall–Kier alpha value is 0.314. The Morgan fingerprint density at radius 1 is 0.895 bits per heavy atom. The van der Waals surface area contributed by atoms with Crippen molar-refractivity contribution in [2.75, 3.05) is 19.8 Å². The smallest absolute Gasteiger partial charge is 0.191 e. The minimum absolute atomic E-state index is 0.0196. The molecule has 0 aromatic rings. The second-order valence-corrected chi connectivity index (χ2v) is 13.0. The maximum atomic E-state index is 6.23. The summed E-state index contributed by atoms with van der Waals surface area (Å²) in [5.41, 5.74) is 0. The van der Waals surface area contributed by atoms with E-state index in [0.717, 1.165) is 31.0 Å². The Bertz CT molecular complexity index is 205. The van der Waals surface area contributed by atoms with Crippen LogP contribution < -0.4 is 0 Å². The second-order valence-electron chi connectivity index (χ2n) is 5.02. The van der Waals surface area contributed by atoms with Crippen LogP contribution in [0.5, 0.6) is 0 Å². The summed E-state index contributed by atoms with van der Waals surface area (Å²) in [6, 6.07) is 3.59. The van der Waals surface area contributed by atoms with Gasteiger partial charge in [0, 0.05) is 29.3 Å².